The first kappa shape index (κ1) is 32.0. The van der Waals surface area contributed by atoms with Gasteiger partial charge in [-0.15, -0.1) is 0 Å². The van der Waals surface area contributed by atoms with Crippen LogP contribution in [0.1, 0.15) is 79.7 Å². The van der Waals surface area contributed by atoms with Gasteiger partial charge >= 0.3 is 0 Å². The van der Waals surface area contributed by atoms with E-state index in [-0.39, 0.29) is 42.5 Å². The molecule has 0 radical (unpaired) electrons. The van der Waals surface area contributed by atoms with Crippen molar-refractivity contribution in [2.24, 2.45) is 17.3 Å². The fourth-order valence-electron chi connectivity index (χ4n) is 4.68. The zero-order valence-electron chi connectivity index (χ0n) is 22.7. The van der Waals surface area contributed by atoms with Crippen molar-refractivity contribution < 1.29 is 9.59 Å². The number of carbonyl (C=O) groups excluding carboxylic acids is 2. The molecule has 1 aromatic rings. The first-order valence-electron chi connectivity index (χ1n) is 13.0. The maximum Gasteiger partial charge on any atom is 0.244 e. The smallest absolute Gasteiger partial charge is 0.244 e. The van der Waals surface area contributed by atoms with Gasteiger partial charge in [-0.1, -0.05) is 97.4 Å². The van der Waals surface area contributed by atoms with Gasteiger partial charge < -0.3 is 20.9 Å². The first-order valence-corrected chi connectivity index (χ1v) is 13.4. The van der Waals surface area contributed by atoms with Crippen LogP contribution >= 0.6 is 12.2 Å². The number of thiocarbonyl (C=S) groups is 1. The summed E-state index contributed by atoms with van der Waals surface area (Å²) in [6.45, 7) is 10.9. The predicted molar refractivity (Wildman–Crippen MR) is 155 cm³/mol. The molecule has 1 fully saturated rings. The Morgan fingerprint density at radius 2 is 1.64 bits per heavy atom. The summed E-state index contributed by atoms with van der Waals surface area (Å²) in [5.74, 6) is -0.537. The van der Waals surface area contributed by atoms with Crippen LogP contribution < -0.4 is 16.0 Å². The minimum Gasteiger partial charge on any atom is -0.375 e. The molecule has 0 bridgehead atoms. The molecule has 204 valence electrons. The molecule has 7 heteroatoms. The van der Waals surface area contributed by atoms with Gasteiger partial charge in [0.25, 0.3) is 0 Å². The standard InChI is InChI=1S/C28H46N4O2S.CH4/c1-19(2)25(27(34)32(6)7)31-26(33)21(28(3,4)5)17-24(35)30-23-16-12-11-15-22(23)29-18-20-13-9-8-10-14-20;/h8-10,13-14,19,21-23,25,29H,11-12,15-18H2,1-7H3,(H,30,35)(H,31,33);1H4/t21-,22-,23-,25+;/m1./s1. The highest BCUT2D eigenvalue weighted by molar-refractivity contribution is 7.80. The molecule has 1 aliphatic rings. The maximum atomic E-state index is 13.4. The maximum absolute atomic E-state index is 13.4. The van der Waals surface area contributed by atoms with Crippen molar-refractivity contribution in [1.29, 1.82) is 0 Å². The highest BCUT2D eigenvalue weighted by Gasteiger charge is 2.36. The van der Waals surface area contributed by atoms with Gasteiger partial charge in [-0.05, 0) is 29.7 Å². The van der Waals surface area contributed by atoms with Crippen LogP contribution in [-0.4, -0.2) is 53.9 Å². The lowest BCUT2D eigenvalue weighted by Crippen LogP contribution is -2.54. The van der Waals surface area contributed by atoms with Gasteiger partial charge in [0.15, 0.2) is 0 Å². The van der Waals surface area contributed by atoms with E-state index < -0.39 is 6.04 Å². The fourth-order valence-corrected chi connectivity index (χ4v) is 5.00. The molecule has 2 rings (SSSR count). The highest BCUT2D eigenvalue weighted by Crippen LogP contribution is 2.30. The van der Waals surface area contributed by atoms with Crippen molar-refractivity contribution in [1.82, 2.24) is 20.9 Å². The Balaban J connectivity index is 0.00000648. The number of likely N-dealkylation sites (N-methyl/N-ethyl adjacent to an activating group) is 1. The topological polar surface area (TPSA) is 73.5 Å². The lowest BCUT2D eigenvalue weighted by Gasteiger charge is -2.36. The monoisotopic (exact) mass is 518 g/mol. The van der Waals surface area contributed by atoms with E-state index in [9.17, 15) is 9.59 Å². The largest absolute Gasteiger partial charge is 0.375 e. The average Bonchev–Trinajstić information content (AvgIpc) is 2.79. The van der Waals surface area contributed by atoms with Crippen molar-refractivity contribution in [3.63, 3.8) is 0 Å². The molecule has 1 aliphatic carbocycles. The Hall–Kier alpha value is -1.99. The average molecular weight is 519 g/mol. The molecule has 1 aromatic carbocycles. The van der Waals surface area contributed by atoms with E-state index in [1.54, 1.807) is 14.1 Å². The van der Waals surface area contributed by atoms with Crippen LogP contribution in [0, 0.1) is 17.3 Å². The molecule has 3 N–H and O–H groups in total. The van der Waals surface area contributed by atoms with E-state index in [1.807, 2.05) is 19.9 Å². The van der Waals surface area contributed by atoms with E-state index in [1.165, 1.54) is 23.3 Å². The summed E-state index contributed by atoms with van der Waals surface area (Å²) in [4.78, 5) is 28.3. The Kier molecular flexibility index (Phi) is 13.1. The van der Waals surface area contributed by atoms with Crippen LogP contribution in [0.2, 0.25) is 0 Å². The summed E-state index contributed by atoms with van der Waals surface area (Å²) in [6.07, 6.45) is 5.02. The molecule has 6 nitrogen and oxygen atoms in total. The van der Waals surface area contributed by atoms with E-state index in [2.05, 4.69) is 61.0 Å². The Morgan fingerprint density at radius 1 is 1.06 bits per heavy atom. The third-order valence-corrected chi connectivity index (χ3v) is 7.23. The van der Waals surface area contributed by atoms with E-state index >= 15 is 0 Å². The first-order chi connectivity index (χ1) is 16.4. The second-order valence-corrected chi connectivity index (χ2v) is 12.0. The van der Waals surface area contributed by atoms with Crippen LogP contribution in [0.5, 0.6) is 0 Å². The second kappa shape index (κ2) is 14.7. The summed E-state index contributed by atoms with van der Waals surface area (Å²) in [5, 5.41) is 10.3. The molecule has 2 amide bonds. The molecule has 0 spiro atoms. The Morgan fingerprint density at radius 3 is 2.17 bits per heavy atom. The number of nitrogens with one attached hydrogen (secondary N) is 3. The van der Waals surface area contributed by atoms with Gasteiger partial charge in [0.2, 0.25) is 11.8 Å². The lowest BCUT2D eigenvalue weighted by molar-refractivity contribution is -0.138. The summed E-state index contributed by atoms with van der Waals surface area (Å²) < 4.78 is 0. The zero-order chi connectivity index (χ0) is 26.2. The number of nitrogens with zero attached hydrogens (tertiary/aromatic N) is 1. The van der Waals surface area contributed by atoms with Crippen LogP contribution in [-0.2, 0) is 16.1 Å². The number of benzene rings is 1. The van der Waals surface area contributed by atoms with Crippen LogP contribution in [0.3, 0.4) is 0 Å². The number of hydrogen-bond donors (Lipinski definition) is 3. The van der Waals surface area contributed by atoms with Gasteiger partial charge in [0.1, 0.15) is 6.04 Å². The number of carbonyl (C=O) groups is 2. The second-order valence-electron chi connectivity index (χ2n) is 11.5. The van der Waals surface area contributed by atoms with Gasteiger partial charge in [-0.3, -0.25) is 9.59 Å². The van der Waals surface area contributed by atoms with Gasteiger partial charge in [-0.25, -0.2) is 0 Å². The van der Waals surface area contributed by atoms with Crippen molar-refractivity contribution in [2.45, 2.75) is 98.8 Å². The molecule has 36 heavy (non-hydrogen) atoms. The minimum atomic E-state index is -0.547. The molecule has 0 unspecified atom stereocenters. The van der Waals surface area contributed by atoms with Crippen LogP contribution in [0.15, 0.2) is 30.3 Å². The van der Waals surface area contributed by atoms with Crippen LogP contribution in [0.25, 0.3) is 0 Å². The third kappa shape index (κ3) is 9.81. The number of hydrogen-bond acceptors (Lipinski definition) is 4. The summed E-state index contributed by atoms with van der Waals surface area (Å²) in [7, 11) is 3.44. The number of amides is 2. The minimum absolute atomic E-state index is 0. The van der Waals surface area contributed by atoms with Gasteiger partial charge in [0, 0.05) is 45.1 Å². The predicted octanol–water partition coefficient (Wildman–Crippen LogP) is 4.92. The van der Waals surface area contributed by atoms with Crippen LogP contribution in [0.4, 0.5) is 0 Å². The highest BCUT2D eigenvalue weighted by atomic mass is 32.1. The summed E-state index contributed by atoms with van der Waals surface area (Å²) >= 11 is 5.79. The molecule has 1 saturated carbocycles. The number of rotatable bonds is 10. The van der Waals surface area contributed by atoms with Gasteiger partial charge in [0.05, 0.1) is 4.99 Å². The third-order valence-electron chi connectivity index (χ3n) is 6.95. The van der Waals surface area contributed by atoms with Crippen molar-refractivity contribution in [3.05, 3.63) is 35.9 Å². The molecular weight excluding hydrogens is 468 g/mol. The fraction of sp³-hybridized carbons (Fsp3) is 0.690. The Bertz CT molecular complexity index is 835. The van der Waals surface area contributed by atoms with Crippen molar-refractivity contribution in [2.75, 3.05) is 14.1 Å². The molecule has 0 heterocycles. The lowest BCUT2D eigenvalue weighted by atomic mass is 9.77. The molecule has 0 aliphatic heterocycles. The normalized spacial score (nSPS) is 19.6. The van der Waals surface area contributed by atoms with E-state index in [0.717, 1.165) is 24.4 Å². The van der Waals surface area contributed by atoms with E-state index in [4.69, 9.17) is 12.2 Å². The SMILES string of the molecule is C.CC(C)[C@H](NC(=O)[C@@H](CC(=S)N[C@@H]1CCCC[C@H]1NCc1ccccc1)C(C)(C)C)C(=O)N(C)C. The summed E-state index contributed by atoms with van der Waals surface area (Å²) in [6, 6.07) is 10.5. The van der Waals surface area contributed by atoms with Crippen molar-refractivity contribution in [3.8, 4) is 0 Å². The zero-order valence-corrected chi connectivity index (χ0v) is 23.5. The molecule has 0 aromatic heterocycles. The van der Waals surface area contributed by atoms with Crippen molar-refractivity contribution >= 4 is 29.0 Å². The quantitative estimate of drug-likeness (QED) is 0.383. The summed E-state index contributed by atoms with van der Waals surface area (Å²) in [5.41, 5.74) is 0.978. The molecular formula is C29H50N4O2S. The van der Waals surface area contributed by atoms with Gasteiger partial charge in [-0.2, -0.15) is 0 Å². The Labute approximate surface area is 225 Å². The van der Waals surface area contributed by atoms with E-state index in [0.29, 0.717) is 12.5 Å². The molecule has 4 atom stereocenters. The molecule has 0 saturated heterocycles.